The summed E-state index contributed by atoms with van der Waals surface area (Å²) in [6.45, 7) is 2.92. The monoisotopic (exact) mass is 300 g/mol. The molecule has 1 fully saturated rings. The molecule has 0 amide bonds. The minimum Gasteiger partial charge on any atom is -0.370 e. The Labute approximate surface area is 129 Å². The largest absolute Gasteiger partial charge is 0.370 e. The Kier molecular flexibility index (Phi) is 4.61. The van der Waals surface area contributed by atoms with Gasteiger partial charge in [0.1, 0.15) is 18.9 Å². The maximum Gasteiger partial charge on any atom is 0.224 e. The van der Waals surface area contributed by atoms with Crippen LogP contribution in [0.5, 0.6) is 0 Å². The topological polar surface area (TPSA) is 30.7 Å². The van der Waals surface area contributed by atoms with Crippen molar-refractivity contribution in [3.63, 3.8) is 0 Å². The van der Waals surface area contributed by atoms with E-state index in [4.69, 9.17) is 4.74 Å². The summed E-state index contributed by atoms with van der Waals surface area (Å²) in [5.41, 5.74) is 1.54. The van der Waals surface area contributed by atoms with E-state index < -0.39 is 0 Å². The normalized spacial score (nSPS) is 17.1. The van der Waals surface area contributed by atoms with Crippen LogP contribution in [0.2, 0.25) is 0 Å². The number of benzene rings is 2. The van der Waals surface area contributed by atoms with Crippen molar-refractivity contribution >= 4 is 5.78 Å². The first-order valence-electron chi connectivity index (χ1n) is 7.53. The predicted octanol–water partition coefficient (Wildman–Crippen LogP) is 1.66. The Hall–Kier alpha value is -2.04. The van der Waals surface area contributed by atoms with Gasteiger partial charge in [-0.2, -0.15) is 0 Å². The second-order valence-electron chi connectivity index (χ2n) is 5.49. The first kappa shape index (κ1) is 14.9. The van der Waals surface area contributed by atoms with Crippen molar-refractivity contribution in [3.05, 3.63) is 71.5 Å². The Morgan fingerprint density at radius 3 is 2.27 bits per heavy atom. The molecule has 0 bridgehead atoms. The van der Waals surface area contributed by atoms with Crippen LogP contribution in [0.25, 0.3) is 0 Å². The molecule has 0 radical (unpaired) electrons. The number of quaternary nitrogens is 1. The van der Waals surface area contributed by atoms with Crippen LogP contribution >= 0.6 is 0 Å². The lowest BCUT2D eigenvalue weighted by Crippen LogP contribution is -3.15. The van der Waals surface area contributed by atoms with Crippen LogP contribution in [0.1, 0.15) is 22.0 Å². The molecule has 0 unspecified atom stereocenters. The molecule has 1 aliphatic heterocycles. The third-order valence-corrected chi connectivity index (χ3v) is 4.07. The molecule has 2 aromatic rings. The molecule has 3 rings (SSSR count). The van der Waals surface area contributed by atoms with Crippen LogP contribution in [-0.2, 0) is 4.74 Å². The smallest absolute Gasteiger partial charge is 0.224 e. The Balaban J connectivity index is 1.93. The van der Waals surface area contributed by atoms with Crippen molar-refractivity contribution in [1.29, 1.82) is 0 Å². The number of carbonyl (C=O) groups is 1. The molecule has 1 saturated heterocycles. The summed E-state index contributed by atoms with van der Waals surface area (Å²) in [6.07, 6.45) is 0. The second-order valence-corrected chi connectivity index (χ2v) is 5.49. The van der Waals surface area contributed by atoms with Gasteiger partial charge in [0.15, 0.2) is 6.04 Å². The highest BCUT2D eigenvalue weighted by Crippen LogP contribution is 2.17. The van der Waals surface area contributed by atoms with Crippen LogP contribution in [0.4, 0.5) is 4.39 Å². The quantitative estimate of drug-likeness (QED) is 0.871. The van der Waals surface area contributed by atoms with Gasteiger partial charge in [-0.05, 0) is 24.3 Å². The molecular formula is C18H19FNO2+. The van der Waals surface area contributed by atoms with E-state index in [1.54, 1.807) is 12.1 Å². The van der Waals surface area contributed by atoms with Crippen molar-refractivity contribution in [2.75, 3.05) is 26.3 Å². The van der Waals surface area contributed by atoms with Crippen LogP contribution in [0, 0.1) is 5.82 Å². The number of ketones is 1. The van der Waals surface area contributed by atoms with Gasteiger partial charge in [-0.1, -0.05) is 30.3 Å². The number of carbonyl (C=O) groups excluding carboxylic acids is 1. The fraction of sp³-hybridized carbons (Fsp3) is 0.278. The molecule has 4 heteroatoms. The molecule has 1 N–H and O–H groups in total. The van der Waals surface area contributed by atoms with E-state index in [1.165, 1.54) is 17.0 Å². The predicted molar refractivity (Wildman–Crippen MR) is 81.4 cm³/mol. The number of Topliss-reactive ketones (excluding diaryl/α,β-unsaturated/α-hetero) is 1. The first-order valence-corrected chi connectivity index (χ1v) is 7.53. The lowest BCUT2D eigenvalue weighted by Gasteiger charge is -2.30. The van der Waals surface area contributed by atoms with Crippen molar-refractivity contribution < 1.29 is 18.8 Å². The molecule has 3 nitrogen and oxygen atoms in total. The molecule has 1 aliphatic rings. The van der Waals surface area contributed by atoms with E-state index >= 15 is 0 Å². The van der Waals surface area contributed by atoms with Gasteiger partial charge in [0.25, 0.3) is 0 Å². The van der Waals surface area contributed by atoms with Crippen LogP contribution in [-0.4, -0.2) is 32.1 Å². The number of ether oxygens (including phenoxy) is 1. The SMILES string of the molecule is O=C(c1ccc(F)cc1)[C@@H](c1ccccc1)[NH+]1CCOCC1. The Morgan fingerprint density at radius 2 is 1.64 bits per heavy atom. The van der Waals surface area contributed by atoms with Crippen molar-refractivity contribution in [2.45, 2.75) is 6.04 Å². The van der Waals surface area contributed by atoms with E-state index in [9.17, 15) is 9.18 Å². The van der Waals surface area contributed by atoms with Gasteiger partial charge >= 0.3 is 0 Å². The summed E-state index contributed by atoms with van der Waals surface area (Å²) in [5, 5.41) is 0. The van der Waals surface area contributed by atoms with Gasteiger partial charge in [0.05, 0.1) is 13.2 Å². The van der Waals surface area contributed by atoms with Crippen LogP contribution < -0.4 is 4.90 Å². The van der Waals surface area contributed by atoms with Crippen LogP contribution in [0.15, 0.2) is 54.6 Å². The second kappa shape index (κ2) is 6.81. The minimum atomic E-state index is -0.327. The molecule has 0 spiro atoms. The number of morpholine rings is 1. The lowest BCUT2D eigenvalue weighted by molar-refractivity contribution is -0.928. The van der Waals surface area contributed by atoms with Gasteiger partial charge in [0, 0.05) is 11.1 Å². The molecule has 22 heavy (non-hydrogen) atoms. The molecule has 1 atom stereocenters. The maximum atomic E-state index is 13.1. The molecule has 0 aliphatic carbocycles. The lowest BCUT2D eigenvalue weighted by atomic mass is 9.95. The van der Waals surface area contributed by atoms with E-state index in [1.807, 2.05) is 30.3 Å². The van der Waals surface area contributed by atoms with Gasteiger partial charge in [-0.3, -0.25) is 4.79 Å². The van der Waals surface area contributed by atoms with E-state index in [2.05, 4.69) is 0 Å². The van der Waals surface area contributed by atoms with E-state index in [-0.39, 0.29) is 17.6 Å². The summed E-state index contributed by atoms with van der Waals surface area (Å²) in [7, 11) is 0. The zero-order valence-electron chi connectivity index (χ0n) is 12.3. The third kappa shape index (κ3) is 3.24. The van der Waals surface area contributed by atoms with Gasteiger partial charge < -0.3 is 9.64 Å². The Bertz CT molecular complexity index is 621. The molecule has 0 saturated carbocycles. The standard InChI is InChI=1S/C18H18FNO2/c19-16-8-6-15(7-9-16)18(21)17(14-4-2-1-3-5-14)20-10-12-22-13-11-20/h1-9,17H,10-13H2/p+1/t17-/m1/s1. The average molecular weight is 300 g/mol. The summed E-state index contributed by atoms with van der Waals surface area (Å²) < 4.78 is 18.5. The summed E-state index contributed by atoms with van der Waals surface area (Å²) in [6, 6.07) is 15.3. The number of halogens is 1. The molecule has 1 heterocycles. The highest BCUT2D eigenvalue weighted by Gasteiger charge is 2.33. The van der Waals surface area contributed by atoms with Gasteiger partial charge in [-0.15, -0.1) is 0 Å². The molecule has 114 valence electrons. The van der Waals surface area contributed by atoms with E-state index in [0.717, 1.165) is 18.7 Å². The number of hydrogen-bond acceptors (Lipinski definition) is 2. The van der Waals surface area contributed by atoms with Crippen molar-refractivity contribution in [3.8, 4) is 0 Å². The van der Waals surface area contributed by atoms with E-state index in [0.29, 0.717) is 18.8 Å². The summed E-state index contributed by atoms with van der Waals surface area (Å²) in [4.78, 5) is 14.2. The molecule has 0 aromatic heterocycles. The van der Waals surface area contributed by atoms with Gasteiger partial charge in [0.2, 0.25) is 5.78 Å². The highest BCUT2D eigenvalue weighted by molar-refractivity contribution is 5.99. The van der Waals surface area contributed by atoms with Gasteiger partial charge in [-0.25, -0.2) is 4.39 Å². The Morgan fingerprint density at radius 1 is 1.00 bits per heavy atom. The highest BCUT2D eigenvalue weighted by atomic mass is 19.1. The fourth-order valence-electron chi connectivity index (χ4n) is 2.92. The first-order chi connectivity index (χ1) is 10.8. The maximum absolute atomic E-state index is 13.1. The number of rotatable bonds is 4. The fourth-order valence-corrected chi connectivity index (χ4v) is 2.92. The van der Waals surface area contributed by atoms with Crippen molar-refractivity contribution in [1.82, 2.24) is 0 Å². The molecular weight excluding hydrogens is 281 g/mol. The number of hydrogen-bond donors (Lipinski definition) is 1. The summed E-state index contributed by atoms with van der Waals surface area (Å²) in [5.74, 6) is -0.297. The van der Waals surface area contributed by atoms with Crippen molar-refractivity contribution in [2.24, 2.45) is 0 Å². The zero-order chi connectivity index (χ0) is 15.4. The zero-order valence-corrected chi connectivity index (χ0v) is 12.3. The average Bonchev–Trinajstić information content (AvgIpc) is 2.57. The number of nitrogens with one attached hydrogen (secondary N) is 1. The summed E-state index contributed by atoms with van der Waals surface area (Å²) >= 11 is 0. The van der Waals surface area contributed by atoms with Crippen LogP contribution in [0.3, 0.4) is 0 Å². The minimum absolute atomic E-state index is 0.0306. The third-order valence-electron chi connectivity index (χ3n) is 4.07. The molecule has 2 aromatic carbocycles.